The fraction of sp³-hybridized carbons (Fsp3) is 0.0909. The number of aromatic nitrogens is 2. The Kier molecular flexibility index (Phi) is 3.01. The van der Waals surface area contributed by atoms with Crippen LogP contribution in [0.2, 0.25) is 5.15 Å². The third kappa shape index (κ3) is 2.24. The second-order valence-electron chi connectivity index (χ2n) is 3.43. The molecule has 0 spiro atoms. The minimum absolute atomic E-state index is 0.0272. The summed E-state index contributed by atoms with van der Waals surface area (Å²) >= 11 is 6.00. The van der Waals surface area contributed by atoms with Gasteiger partial charge in [0.1, 0.15) is 16.6 Å². The van der Waals surface area contributed by atoms with Gasteiger partial charge in [-0.25, -0.2) is 4.68 Å². The molecule has 5 nitrogen and oxygen atoms in total. The van der Waals surface area contributed by atoms with Crippen molar-refractivity contribution < 1.29 is 15.0 Å². The van der Waals surface area contributed by atoms with E-state index < -0.39 is 5.97 Å². The highest BCUT2D eigenvalue weighted by Crippen LogP contribution is 2.26. The zero-order valence-electron chi connectivity index (χ0n) is 8.67. The molecule has 0 saturated carbocycles. The first-order chi connectivity index (χ1) is 8.09. The molecule has 0 aliphatic carbocycles. The highest BCUT2D eigenvalue weighted by atomic mass is 35.5. The Morgan fingerprint density at radius 3 is 2.76 bits per heavy atom. The Hall–Kier alpha value is -2.01. The highest BCUT2D eigenvalue weighted by Gasteiger charge is 2.14. The highest BCUT2D eigenvalue weighted by molar-refractivity contribution is 6.30. The Labute approximate surface area is 102 Å². The van der Waals surface area contributed by atoms with Gasteiger partial charge in [-0.05, 0) is 12.1 Å². The molecule has 1 heterocycles. The van der Waals surface area contributed by atoms with E-state index >= 15 is 0 Å². The molecule has 1 aromatic carbocycles. The van der Waals surface area contributed by atoms with Crippen molar-refractivity contribution in [3.63, 3.8) is 0 Å². The molecule has 0 aliphatic rings. The normalized spacial score (nSPS) is 10.4. The molecule has 0 unspecified atom stereocenters. The van der Waals surface area contributed by atoms with Gasteiger partial charge in [0.15, 0.2) is 0 Å². The maximum absolute atomic E-state index is 10.6. The van der Waals surface area contributed by atoms with Crippen LogP contribution in [0.25, 0.3) is 5.69 Å². The summed E-state index contributed by atoms with van der Waals surface area (Å²) in [6.45, 7) is 0. The number of nitrogens with zero attached hydrogens (tertiary/aromatic N) is 2. The monoisotopic (exact) mass is 252 g/mol. The van der Waals surface area contributed by atoms with Crippen molar-refractivity contribution in [3.8, 4) is 11.4 Å². The number of phenolic OH excluding ortho intramolecular Hbond substituents is 1. The lowest BCUT2D eigenvalue weighted by Gasteiger charge is -2.05. The lowest BCUT2D eigenvalue weighted by Crippen LogP contribution is -2.01. The van der Waals surface area contributed by atoms with Crippen molar-refractivity contribution >= 4 is 17.6 Å². The molecule has 2 N–H and O–H groups in total. The number of carboxylic acid groups (broad SMARTS) is 1. The predicted octanol–water partition coefficient (Wildman–Crippen LogP) is 1.86. The Bertz CT molecular complexity index is 566. The summed E-state index contributed by atoms with van der Waals surface area (Å²) in [5, 5.41) is 22.5. The average Bonchev–Trinajstić information content (AvgIpc) is 2.61. The molecule has 6 heteroatoms. The molecular weight excluding hydrogens is 244 g/mol. The third-order valence-electron chi connectivity index (χ3n) is 2.23. The zero-order valence-corrected chi connectivity index (χ0v) is 9.42. The van der Waals surface area contributed by atoms with Crippen LogP contribution in [0.1, 0.15) is 5.56 Å². The molecule has 0 radical (unpaired) electrons. The Morgan fingerprint density at radius 1 is 1.41 bits per heavy atom. The van der Waals surface area contributed by atoms with Gasteiger partial charge < -0.3 is 10.2 Å². The van der Waals surface area contributed by atoms with Crippen molar-refractivity contribution in [3.05, 3.63) is 41.2 Å². The molecule has 17 heavy (non-hydrogen) atoms. The molecule has 0 amide bonds. The van der Waals surface area contributed by atoms with Gasteiger partial charge in [-0.2, -0.15) is 5.10 Å². The molecule has 2 rings (SSSR count). The van der Waals surface area contributed by atoms with Crippen molar-refractivity contribution in [1.82, 2.24) is 9.78 Å². The zero-order chi connectivity index (χ0) is 12.4. The van der Waals surface area contributed by atoms with Crippen molar-refractivity contribution in [2.75, 3.05) is 0 Å². The van der Waals surface area contributed by atoms with Crippen molar-refractivity contribution in [2.45, 2.75) is 6.42 Å². The second-order valence-corrected chi connectivity index (χ2v) is 3.79. The maximum Gasteiger partial charge on any atom is 0.307 e. The number of halogens is 1. The van der Waals surface area contributed by atoms with Crippen LogP contribution in [-0.2, 0) is 11.2 Å². The Morgan fingerprint density at radius 2 is 2.12 bits per heavy atom. The number of carboxylic acids is 1. The number of rotatable bonds is 3. The van der Waals surface area contributed by atoms with Crippen LogP contribution in [0.3, 0.4) is 0 Å². The van der Waals surface area contributed by atoms with E-state index in [1.807, 2.05) is 0 Å². The predicted molar refractivity (Wildman–Crippen MR) is 61.6 cm³/mol. The van der Waals surface area contributed by atoms with Crippen LogP contribution in [0, 0.1) is 0 Å². The van der Waals surface area contributed by atoms with E-state index in [-0.39, 0.29) is 17.3 Å². The topological polar surface area (TPSA) is 75.3 Å². The minimum Gasteiger partial charge on any atom is -0.506 e. The van der Waals surface area contributed by atoms with Crippen molar-refractivity contribution in [1.29, 1.82) is 0 Å². The number of hydrogen-bond acceptors (Lipinski definition) is 3. The number of hydrogen-bond donors (Lipinski definition) is 2. The first-order valence-electron chi connectivity index (χ1n) is 4.82. The van der Waals surface area contributed by atoms with Crippen molar-refractivity contribution in [2.24, 2.45) is 0 Å². The smallest absolute Gasteiger partial charge is 0.307 e. The molecule has 1 aromatic heterocycles. The molecule has 2 aromatic rings. The van der Waals surface area contributed by atoms with Crippen LogP contribution < -0.4 is 0 Å². The molecule has 0 bridgehead atoms. The standard InChI is InChI=1S/C11H9ClN2O3/c12-11-7(5-10(16)17)6-13-14(11)8-3-1-2-4-9(8)15/h1-4,6,15H,5H2,(H,16,17). The number of carbonyl (C=O) groups is 1. The molecule has 88 valence electrons. The largest absolute Gasteiger partial charge is 0.506 e. The molecule has 0 aliphatic heterocycles. The third-order valence-corrected chi connectivity index (χ3v) is 2.63. The van der Waals surface area contributed by atoms with E-state index in [4.69, 9.17) is 16.7 Å². The van der Waals surface area contributed by atoms with E-state index in [0.717, 1.165) is 0 Å². The van der Waals surface area contributed by atoms with E-state index in [1.165, 1.54) is 16.9 Å². The van der Waals surface area contributed by atoms with E-state index in [9.17, 15) is 9.90 Å². The second kappa shape index (κ2) is 4.47. The number of benzene rings is 1. The lowest BCUT2D eigenvalue weighted by atomic mass is 10.2. The van der Waals surface area contributed by atoms with Crippen LogP contribution in [0.15, 0.2) is 30.5 Å². The van der Waals surface area contributed by atoms with Gasteiger partial charge in [0.05, 0.1) is 12.6 Å². The van der Waals surface area contributed by atoms with E-state index in [0.29, 0.717) is 11.3 Å². The summed E-state index contributed by atoms with van der Waals surface area (Å²) in [5.74, 6) is -0.955. The maximum atomic E-state index is 10.6. The first kappa shape index (κ1) is 11.5. The van der Waals surface area contributed by atoms with Gasteiger partial charge in [-0.3, -0.25) is 4.79 Å². The molecule has 0 fully saturated rings. The summed E-state index contributed by atoms with van der Waals surface area (Å²) in [5.41, 5.74) is 0.816. The summed E-state index contributed by atoms with van der Waals surface area (Å²) in [6.07, 6.45) is 1.18. The average molecular weight is 253 g/mol. The van der Waals surface area contributed by atoms with Gasteiger partial charge in [-0.15, -0.1) is 0 Å². The number of aromatic hydroxyl groups is 1. The van der Waals surface area contributed by atoms with Gasteiger partial charge in [-0.1, -0.05) is 23.7 Å². The van der Waals surface area contributed by atoms with Gasteiger partial charge in [0, 0.05) is 5.56 Å². The van der Waals surface area contributed by atoms with Crippen LogP contribution in [0.4, 0.5) is 0 Å². The summed E-state index contributed by atoms with van der Waals surface area (Å²) in [4.78, 5) is 10.6. The Balaban J connectivity index is 2.44. The van der Waals surface area contributed by atoms with Gasteiger partial charge >= 0.3 is 5.97 Å². The van der Waals surface area contributed by atoms with Crippen LogP contribution in [-0.4, -0.2) is 26.0 Å². The SMILES string of the molecule is O=C(O)Cc1cnn(-c2ccccc2O)c1Cl. The molecule has 0 atom stereocenters. The lowest BCUT2D eigenvalue weighted by molar-refractivity contribution is -0.136. The summed E-state index contributed by atoms with van der Waals surface area (Å²) in [6, 6.07) is 6.54. The summed E-state index contributed by atoms with van der Waals surface area (Å²) in [7, 11) is 0. The van der Waals surface area contributed by atoms with Gasteiger partial charge in [0.2, 0.25) is 0 Å². The van der Waals surface area contributed by atoms with Crippen LogP contribution in [0.5, 0.6) is 5.75 Å². The van der Waals surface area contributed by atoms with Gasteiger partial charge in [0.25, 0.3) is 0 Å². The van der Waals surface area contributed by atoms with Crippen LogP contribution >= 0.6 is 11.6 Å². The van der Waals surface area contributed by atoms with E-state index in [1.54, 1.807) is 18.2 Å². The molecule has 0 saturated heterocycles. The quantitative estimate of drug-likeness (QED) is 0.874. The fourth-order valence-electron chi connectivity index (χ4n) is 1.46. The number of para-hydroxylation sites is 2. The summed E-state index contributed by atoms with van der Waals surface area (Å²) < 4.78 is 1.30. The number of aliphatic carboxylic acids is 1. The minimum atomic E-state index is -0.983. The fourth-order valence-corrected chi connectivity index (χ4v) is 1.71. The number of phenols is 1. The molecular formula is C11H9ClN2O3. The van der Waals surface area contributed by atoms with E-state index in [2.05, 4.69) is 5.10 Å². The first-order valence-corrected chi connectivity index (χ1v) is 5.20.